The summed E-state index contributed by atoms with van der Waals surface area (Å²) in [5.74, 6) is 0. The first kappa shape index (κ1) is 9.63. The van der Waals surface area contributed by atoms with Gasteiger partial charge in [-0.25, -0.2) is 18.1 Å². The minimum absolute atomic E-state index is 0.289. The molecule has 1 rings (SSSR count). The van der Waals surface area contributed by atoms with Crippen LogP contribution in [0.4, 0.5) is 0 Å². The number of rotatable bonds is 3. The van der Waals surface area contributed by atoms with E-state index in [9.17, 15) is 8.42 Å². The van der Waals surface area contributed by atoms with Crippen molar-refractivity contribution in [3.8, 4) is 0 Å². The molecule has 1 aromatic heterocycles. The van der Waals surface area contributed by atoms with Crippen LogP contribution in [0.1, 0.15) is 10.7 Å². The Bertz CT molecular complexity index is 355. The zero-order chi connectivity index (χ0) is 9.19. The van der Waals surface area contributed by atoms with Gasteiger partial charge in [-0.3, -0.25) is 0 Å². The first-order valence-electron chi connectivity index (χ1n) is 3.33. The number of hydrogen-bond acceptors (Lipinski definition) is 4. The molecule has 0 aliphatic rings. The SMILES string of the molecule is Cc1csc(CNS(C)(=O)=O)n1. The monoisotopic (exact) mass is 206 g/mol. The zero-order valence-corrected chi connectivity index (χ0v) is 8.50. The van der Waals surface area contributed by atoms with Crippen LogP contribution in [-0.4, -0.2) is 19.7 Å². The van der Waals surface area contributed by atoms with Gasteiger partial charge >= 0.3 is 0 Å². The average molecular weight is 206 g/mol. The van der Waals surface area contributed by atoms with Crippen molar-refractivity contribution < 1.29 is 8.42 Å². The average Bonchev–Trinajstić information content (AvgIpc) is 2.30. The van der Waals surface area contributed by atoms with Crippen LogP contribution in [0.25, 0.3) is 0 Å². The summed E-state index contributed by atoms with van der Waals surface area (Å²) in [6, 6.07) is 0. The quantitative estimate of drug-likeness (QED) is 0.783. The summed E-state index contributed by atoms with van der Waals surface area (Å²) < 4.78 is 23.7. The van der Waals surface area contributed by atoms with E-state index in [1.807, 2.05) is 12.3 Å². The van der Waals surface area contributed by atoms with E-state index in [-0.39, 0.29) is 6.54 Å². The number of nitrogens with one attached hydrogen (secondary N) is 1. The van der Waals surface area contributed by atoms with E-state index in [4.69, 9.17) is 0 Å². The predicted octanol–water partition coefficient (Wildman–Crippen LogP) is 0.501. The first-order chi connectivity index (χ1) is 5.47. The Balaban J connectivity index is 2.55. The summed E-state index contributed by atoms with van der Waals surface area (Å²) >= 11 is 1.45. The predicted molar refractivity (Wildman–Crippen MR) is 48.5 cm³/mol. The zero-order valence-electron chi connectivity index (χ0n) is 6.86. The molecule has 0 spiro atoms. The molecule has 0 unspecified atom stereocenters. The first-order valence-corrected chi connectivity index (χ1v) is 6.10. The fraction of sp³-hybridized carbons (Fsp3) is 0.500. The van der Waals surface area contributed by atoms with Gasteiger partial charge in [-0.05, 0) is 6.92 Å². The summed E-state index contributed by atoms with van der Waals surface area (Å²) in [7, 11) is -3.10. The molecule has 68 valence electrons. The van der Waals surface area contributed by atoms with Crippen molar-refractivity contribution in [1.29, 1.82) is 0 Å². The van der Waals surface area contributed by atoms with Gasteiger partial charge < -0.3 is 0 Å². The van der Waals surface area contributed by atoms with Crippen LogP contribution in [-0.2, 0) is 16.6 Å². The third kappa shape index (κ3) is 3.29. The van der Waals surface area contributed by atoms with Gasteiger partial charge in [-0.1, -0.05) is 0 Å². The topological polar surface area (TPSA) is 59.1 Å². The van der Waals surface area contributed by atoms with Crippen LogP contribution >= 0.6 is 11.3 Å². The van der Waals surface area contributed by atoms with Crippen LogP contribution in [0.2, 0.25) is 0 Å². The number of aryl methyl sites for hydroxylation is 1. The maximum absolute atomic E-state index is 10.7. The third-order valence-corrected chi connectivity index (χ3v) is 2.79. The molecule has 0 saturated heterocycles. The molecule has 4 nitrogen and oxygen atoms in total. The van der Waals surface area contributed by atoms with Crippen molar-refractivity contribution in [2.75, 3.05) is 6.26 Å². The van der Waals surface area contributed by atoms with Crippen LogP contribution in [0.5, 0.6) is 0 Å². The van der Waals surface area contributed by atoms with Gasteiger partial charge in [0.05, 0.1) is 12.8 Å². The number of aromatic nitrogens is 1. The summed E-state index contributed by atoms with van der Waals surface area (Å²) in [4.78, 5) is 4.11. The van der Waals surface area contributed by atoms with Gasteiger partial charge in [0, 0.05) is 11.1 Å². The highest BCUT2D eigenvalue weighted by Crippen LogP contribution is 2.07. The van der Waals surface area contributed by atoms with E-state index in [2.05, 4.69) is 9.71 Å². The lowest BCUT2D eigenvalue weighted by molar-refractivity contribution is 0.587. The molecular weight excluding hydrogens is 196 g/mol. The standard InChI is InChI=1S/C6H10N2O2S2/c1-5-4-11-6(8-5)3-7-12(2,9)10/h4,7H,3H2,1-2H3. The van der Waals surface area contributed by atoms with E-state index in [1.165, 1.54) is 11.3 Å². The second-order valence-electron chi connectivity index (χ2n) is 2.48. The summed E-state index contributed by atoms with van der Waals surface area (Å²) in [5.41, 5.74) is 0.922. The van der Waals surface area contributed by atoms with Crippen LogP contribution < -0.4 is 4.72 Å². The molecule has 0 aliphatic carbocycles. The maximum Gasteiger partial charge on any atom is 0.209 e. The Morgan fingerprint density at radius 1 is 1.67 bits per heavy atom. The largest absolute Gasteiger partial charge is 0.245 e. The number of nitrogens with zero attached hydrogens (tertiary/aromatic N) is 1. The van der Waals surface area contributed by atoms with Gasteiger partial charge in [0.15, 0.2) is 0 Å². The van der Waals surface area contributed by atoms with Crippen LogP contribution in [0.3, 0.4) is 0 Å². The highest BCUT2D eigenvalue weighted by atomic mass is 32.2. The molecule has 0 aromatic carbocycles. The van der Waals surface area contributed by atoms with Gasteiger partial charge in [0.1, 0.15) is 5.01 Å². The molecule has 0 aliphatic heterocycles. The molecule has 0 fully saturated rings. The fourth-order valence-corrected chi connectivity index (χ4v) is 1.88. The molecule has 0 amide bonds. The number of sulfonamides is 1. The molecule has 12 heavy (non-hydrogen) atoms. The van der Waals surface area contributed by atoms with E-state index < -0.39 is 10.0 Å². The van der Waals surface area contributed by atoms with Crippen LogP contribution in [0, 0.1) is 6.92 Å². The Hall–Kier alpha value is -0.460. The van der Waals surface area contributed by atoms with E-state index >= 15 is 0 Å². The fourth-order valence-electron chi connectivity index (χ4n) is 0.677. The minimum Gasteiger partial charge on any atom is -0.245 e. The molecule has 0 atom stereocenters. The van der Waals surface area contributed by atoms with Crippen molar-refractivity contribution in [2.45, 2.75) is 13.5 Å². The number of thiazole rings is 1. The summed E-state index contributed by atoms with van der Waals surface area (Å²) in [6.45, 7) is 2.16. The van der Waals surface area contributed by atoms with Crippen molar-refractivity contribution in [1.82, 2.24) is 9.71 Å². The van der Waals surface area contributed by atoms with Crippen molar-refractivity contribution in [2.24, 2.45) is 0 Å². The summed E-state index contributed by atoms with van der Waals surface area (Å²) in [6.07, 6.45) is 1.13. The second kappa shape index (κ2) is 3.51. The lowest BCUT2D eigenvalue weighted by atomic mass is 10.6. The Morgan fingerprint density at radius 2 is 2.33 bits per heavy atom. The summed E-state index contributed by atoms with van der Waals surface area (Å²) in [5, 5.41) is 2.68. The lowest BCUT2D eigenvalue weighted by Crippen LogP contribution is -2.21. The van der Waals surface area contributed by atoms with E-state index in [0.717, 1.165) is 17.0 Å². The Kier molecular flexibility index (Phi) is 2.81. The van der Waals surface area contributed by atoms with Crippen LogP contribution in [0.15, 0.2) is 5.38 Å². The highest BCUT2D eigenvalue weighted by Gasteiger charge is 2.02. The molecule has 0 saturated carbocycles. The normalized spacial score (nSPS) is 11.8. The Morgan fingerprint density at radius 3 is 2.75 bits per heavy atom. The van der Waals surface area contributed by atoms with E-state index in [0.29, 0.717) is 0 Å². The molecule has 0 radical (unpaired) electrons. The lowest BCUT2D eigenvalue weighted by Gasteiger charge is -1.96. The molecule has 6 heteroatoms. The van der Waals surface area contributed by atoms with Gasteiger partial charge in [-0.2, -0.15) is 0 Å². The molecule has 1 heterocycles. The second-order valence-corrected chi connectivity index (χ2v) is 5.25. The molecule has 1 aromatic rings. The van der Waals surface area contributed by atoms with Gasteiger partial charge in [0.2, 0.25) is 10.0 Å². The van der Waals surface area contributed by atoms with Crippen molar-refractivity contribution >= 4 is 21.4 Å². The molecular formula is C6H10N2O2S2. The Labute approximate surface area is 75.7 Å². The maximum atomic E-state index is 10.7. The highest BCUT2D eigenvalue weighted by molar-refractivity contribution is 7.88. The minimum atomic E-state index is -3.10. The van der Waals surface area contributed by atoms with Crippen molar-refractivity contribution in [3.05, 3.63) is 16.1 Å². The van der Waals surface area contributed by atoms with Gasteiger partial charge in [-0.15, -0.1) is 11.3 Å². The number of hydrogen-bond donors (Lipinski definition) is 1. The smallest absolute Gasteiger partial charge is 0.209 e. The van der Waals surface area contributed by atoms with Crippen molar-refractivity contribution in [3.63, 3.8) is 0 Å². The third-order valence-electron chi connectivity index (χ3n) is 1.15. The van der Waals surface area contributed by atoms with E-state index in [1.54, 1.807) is 0 Å². The molecule has 1 N–H and O–H groups in total. The van der Waals surface area contributed by atoms with Gasteiger partial charge in [0.25, 0.3) is 0 Å². The molecule has 0 bridgehead atoms.